The van der Waals surface area contributed by atoms with Crippen LogP contribution in [0.1, 0.15) is 17.5 Å². The quantitative estimate of drug-likeness (QED) is 0.116. The van der Waals surface area contributed by atoms with Crippen molar-refractivity contribution in [3.63, 3.8) is 0 Å². The monoisotopic (exact) mass is 627 g/mol. The first-order valence-corrected chi connectivity index (χ1v) is 15.3. The normalized spacial score (nSPS) is 18.1. The molecule has 12 nitrogen and oxygen atoms in total. The number of hydrogen-bond donors (Lipinski definition) is 3. The molecule has 3 aromatic carbocycles. The van der Waals surface area contributed by atoms with E-state index in [-0.39, 0.29) is 19.6 Å². The highest BCUT2D eigenvalue weighted by Gasteiger charge is 2.34. The molecule has 44 heavy (non-hydrogen) atoms. The van der Waals surface area contributed by atoms with Gasteiger partial charge in [0, 0.05) is 6.42 Å². The molecule has 3 aromatic rings. The minimum atomic E-state index is -4.68. The predicted molar refractivity (Wildman–Crippen MR) is 158 cm³/mol. The number of phosphoric ester groups is 1. The van der Waals surface area contributed by atoms with Crippen LogP contribution in [0.25, 0.3) is 0 Å². The SMILES string of the molecule is N[C@@H](COP(=O)(O)O[C@@H]1C=CCO[C@@H]1COC(=O)CCc1ccccc1OCc1cccc(Oc2ccccc2)c1)C(=O)O. The maximum Gasteiger partial charge on any atom is 0.472 e. The van der Waals surface area contributed by atoms with Crippen LogP contribution in [0.3, 0.4) is 0 Å². The molecule has 4 N–H and O–H groups in total. The van der Waals surface area contributed by atoms with Crippen LogP contribution in [0.4, 0.5) is 0 Å². The lowest BCUT2D eigenvalue weighted by molar-refractivity contribution is -0.150. The minimum Gasteiger partial charge on any atom is -0.489 e. The first-order chi connectivity index (χ1) is 21.2. The third-order valence-electron chi connectivity index (χ3n) is 6.34. The Morgan fingerprint density at radius 2 is 1.77 bits per heavy atom. The Balaban J connectivity index is 1.25. The van der Waals surface area contributed by atoms with E-state index < -0.39 is 44.6 Å². The molecule has 1 aliphatic rings. The van der Waals surface area contributed by atoms with Crippen molar-refractivity contribution in [2.24, 2.45) is 5.73 Å². The highest BCUT2D eigenvalue weighted by Crippen LogP contribution is 2.45. The van der Waals surface area contributed by atoms with Crippen molar-refractivity contribution in [2.75, 3.05) is 19.8 Å². The van der Waals surface area contributed by atoms with E-state index in [9.17, 15) is 19.0 Å². The number of phosphoric acid groups is 1. The molecule has 0 radical (unpaired) electrons. The van der Waals surface area contributed by atoms with Crippen LogP contribution in [0.5, 0.6) is 17.2 Å². The number of carboxylic acid groups (broad SMARTS) is 1. The van der Waals surface area contributed by atoms with Crippen LogP contribution < -0.4 is 15.2 Å². The van der Waals surface area contributed by atoms with Crippen LogP contribution in [-0.2, 0) is 45.7 Å². The van der Waals surface area contributed by atoms with Crippen molar-refractivity contribution in [2.45, 2.75) is 37.7 Å². The third kappa shape index (κ3) is 10.6. The Kier molecular flexibility index (Phi) is 12.1. The van der Waals surface area contributed by atoms with Crippen molar-refractivity contribution in [1.29, 1.82) is 0 Å². The molecule has 0 aliphatic carbocycles. The average Bonchev–Trinajstić information content (AvgIpc) is 3.02. The lowest BCUT2D eigenvalue weighted by Gasteiger charge is -2.28. The Labute approximate surface area is 254 Å². The lowest BCUT2D eigenvalue weighted by atomic mass is 10.1. The second kappa shape index (κ2) is 16.2. The number of carbonyl (C=O) groups is 2. The van der Waals surface area contributed by atoms with Gasteiger partial charge in [0.25, 0.3) is 0 Å². The fourth-order valence-electron chi connectivity index (χ4n) is 4.08. The molecule has 1 unspecified atom stereocenters. The van der Waals surface area contributed by atoms with Gasteiger partial charge in [-0.15, -0.1) is 0 Å². The number of hydrogen-bond acceptors (Lipinski definition) is 10. The number of rotatable bonds is 16. The molecule has 0 bridgehead atoms. The second-order valence-electron chi connectivity index (χ2n) is 9.72. The summed E-state index contributed by atoms with van der Waals surface area (Å²) in [6.45, 7) is -0.515. The fourth-order valence-corrected chi connectivity index (χ4v) is 5.01. The molecule has 0 fully saturated rings. The van der Waals surface area contributed by atoms with E-state index in [1.54, 1.807) is 6.08 Å². The molecule has 4 rings (SSSR count). The van der Waals surface area contributed by atoms with Gasteiger partial charge in [-0.2, -0.15) is 0 Å². The summed E-state index contributed by atoms with van der Waals surface area (Å²) in [6, 6.07) is 23.0. The third-order valence-corrected chi connectivity index (χ3v) is 7.32. The number of nitrogens with two attached hydrogens (primary N) is 1. The molecule has 0 amide bonds. The van der Waals surface area contributed by atoms with Gasteiger partial charge in [0.05, 0.1) is 13.2 Å². The molecule has 13 heteroatoms. The summed E-state index contributed by atoms with van der Waals surface area (Å²) < 4.78 is 44.9. The number of aryl methyl sites for hydroxylation is 1. The van der Waals surface area contributed by atoms with Crippen molar-refractivity contribution in [1.82, 2.24) is 0 Å². The second-order valence-corrected chi connectivity index (χ2v) is 11.1. The van der Waals surface area contributed by atoms with Gasteiger partial charge < -0.3 is 34.7 Å². The van der Waals surface area contributed by atoms with Crippen LogP contribution in [0.2, 0.25) is 0 Å². The molecule has 0 saturated heterocycles. The predicted octanol–water partition coefficient (Wildman–Crippen LogP) is 4.40. The van der Waals surface area contributed by atoms with Gasteiger partial charge in [0.2, 0.25) is 0 Å². The Morgan fingerprint density at radius 3 is 2.57 bits per heavy atom. The molecule has 1 heterocycles. The van der Waals surface area contributed by atoms with Crippen molar-refractivity contribution in [3.8, 4) is 17.2 Å². The minimum absolute atomic E-state index is 0.0452. The molecule has 0 aromatic heterocycles. The average molecular weight is 628 g/mol. The van der Waals surface area contributed by atoms with Gasteiger partial charge in [0.1, 0.15) is 48.7 Å². The largest absolute Gasteiger partial charge is 0.489 e. The summed E-state index contributed by atoms with van der Waals surface area (Å²) in [6.07, 6.45) is 1.46. The standard InChI is InChI=1S/C31H34NO11P/c32-26(31(34)35)20-41-44(36,37)43-28-14-7-17-38-29(28)21-40-30(33)16-15-23-9-4-5-13-27(23)39-19-22-8-6-12-25(18-22)42-24-10-2-1-3-11-24/h1-14,18,26,28-29H,15-17,19-21,32H2,(H,34,35)(H,36,37)/t26-,28+,29+/m0/s1. The molecule has 4 atom stereocenters. The van der Waals surface area contributed by atoms with E-state index >= 15 is 0 Å². The fraction of sp³-hybridized carbons (Fsp3) is 0.290. The van der Waals surface area contributed by atoms with Crippen LogP contribution in [0, 0.1) is 0 Å². The van der Waals surface area contributed by atoms with E-state index in [4.69, 9.17) is 34.3 Å². The summed E-state index contributed by atoms with van der Waals surface area (Å²) in [5.41, 5.74) is 7.02. The molecular weight excluding hydrogens is 593 g/mol. The summed E-state index contributed by atoms with van der Waals surface area (Å²) in [5, 5.41) is 8.81. The smallest absolute Gasteiger partial charge is 0.472 e. The van der Waals surface area contributed by atoms with E-state index in [1.807, 2.05) is 78.9 Å². The molecular formula is C31H34NO11P. The van der Waals surface area contributed by atoms with Crippen molar-refractivity contribution in [3.05, 3.63) is 102 Å². The van der Waals surface area contributed by atoms with Gasteiger partial charge in [0.15, 0.2) is 0 Å². The zero-order valence-corrected chi connectivity index (χ0v) is 24.6. The summed E-state index contributed by atoms with van der Waals surface area (Å²) in [7, 11) is -4.68. The highest BCUT2D eigenvalue weighted by molar-refractivity contribution is 7.47. The van der Waals surface area contributed by atoms with Crippen LogP contribution in [0.15, 0.2) is 91.0 Å². The Hall–Kier alpha value is -4.03. The van der Waals surface area contributed by atoms with Gasteiger partial charge in [-0.05, 0) is 47.9 Å². The summed E-state index contributed by atoms with van der Waals surface area (Å²) >= 11 is 0. The van der Waals surface area contributed by atoms with Crippen LogP contribution >= 0.6 is 7.82 Å². The lowest BCUT2D eigenvalue weighted by Crippen LogP contribution is -2.38. The Morgan fingerprint density at radius 1 is 1.02 bits per heavy atom. The van der Waals surface area contributed by atoms with Gasteiger partial charge >= 0.3 is 19.8 Å². The number of carbonyl (C=O) groups excluding carboxylic acids is 1. The van der Waals surface area contributed by atoms with Gasteiger partial charge in [-0.3, -0.25) is 18.6 Å². The van der Waals surface area contributed by atoms with E-state index in [0.29, 0.717) is 24.5 Å². The molecule has 234 valence electrons. The van der Waals surface area contributed by atoms with Crippen molar-refractivity contribution >= 4 is 19.8 Å². The number of benzene rings is 3. The van der Waals surface area contributed by atoms with E-state index in [1.165, 1.54) is 6.08 Å². The summed E-state index contributed by atoms with van der Waals surface area (Å²) in [5.74, 6) is 0.140. The zero-order valence-electron chi connectivity index (χ0n) is 23.7. The van der Waals surface area contributed by atoms with Gasteiger partial charge in [-0.25, -0.2) is 4.57 Å². The number of carboxylic acids is 1. The molecule has 0 spiro atoms. The molecule has 0 saturated carbocycles. The number of esters is 1. The Bertz CT molecular complexity index is 1470. The number of para-hydroxylation sites is 2. The van der Waals surface area contributed by atoms with E-state index in [0.717, 1.165) is 16.9 Å². The molecule has 1 aliphatic heterocycles. The number of aliphatic carboxylic acids is 1. The highest BCUT2D eigenvalue weighted by atomic mass is 31.2. The first kappa shape index (κ1) is 32.9. The number of ether oxygens (including phenoxy) is 4. The van der Waals surface area contributed by atoms with Gasteiger partial charge in [-0.1, -0.05) is 60.7 Å². The zero-order chi connectivity index (χ0) is 31.4. The maximum atomic E-state index is 12.6. The maximum absolute atomic E-state index is 12.6. The first-order valence-electron chi connectivity index (χ1n) is 13.8. The summed E-state index contributed by atoms with van der Waals surface area (Å²) in [4.78, 5) is 33.4. The van der Waals surface area contributed by atoms with E-state index in [2.05, 4.69) is 4.52 Å². The van der Waals surface area contributed by atoms with Crippen LogP contribution in [-0.4, -0.2) is 60.0 Å². The van der Waals surface area contributed by atoms with Crippen molar-refractivity contribution < 1.29 is 52.1 Å². The topological polar surface area (TPSA) is 173 Å².